The molecular weight excluding hydrogens is 304 g/mol. The standard InChI is InChI=1S/C15H13BrN2O/c1-8-7-10(16)9(2)13(14(8)19)15-17-11-5-3-4-6-12(11)18-15/h3-7,19H,1-2H3,(H,17,18). The van der Waals surface area contributed by atoms with Crippen LogP contribution in [0.4, 0.5) is 0 Å². The molecule has 96 valence electrons. The van der Waals surface area contributed by atoms with E-state index in [0.29, 0.717) is 5.82 Å². The van der Waals surface area contributed by atoms with Crippen LogP contribution in [0.3, 0.4) is 0 Å². The summed E-state index contributed by atoms with van der Waals surface area (Å²) in [4.78, 5) is 7.81. The van der Waals surface area contributed by atoms with Gasteiger partial charge >= 0.3 is 0 Å². The second-order valence-electron chi connectivity index (χ2n) is 4.63. The molecule has 4 heteroatoms. The van der Waals surface area contributed by atoms with Gasteiger partial charge < -0.3 is 10.1 Å². The van der Waals surface area contributed by atoms with Gasteiger partial charge in [-0.25, -0.2) is 4.98 Å². The van der Waals surface area contributed by atoms with E-state index in [4.69, 9.17) is 0 Å². The maximum absolute atomic E-state index is 10.3. The maximum atomic E-state index is 10.3. The van der Waals surface area contributed by atoms with E-state index in [9.17, 15) is 5.11 Å². The predicted molar refractivity (Wildman–Crippen MR) is 80.4 cm³/mol. The molecular formula is C15H13BrN2O. The molecule has 1 aromatic heterocycles. The van der Waals surface area contributed by atoms with E-state index in [0.717, 1.165) is 32.2 Å². The molecule has 0 saturated heterocycles. The zero-order chi connectivity index (χ0) is 13.6. The quantitative estimate of drug-likeness (QED) is 0.702. The lowest BCUT2D eigenvalue weighted by molar-refractivity contribution is 0.472. The molecule has 0 radical (unpaired) electrons. The molecule has 0 aliphatic carbocycles. The van der Waals surface area contributed by atoms with Crippen molar-refractivity contribution < 1.29 is 5.11 Å². The van der Waals surface area contributed by atoms with Crippen LogP contribution in [0, 0.1) is 13.8 Å². The normalized spacial score (nSPS) is 11.1. The molecule has 0 amide bonds. The number of nitrogens with zero attached hydrogens (tertiary/aromatic N) is 1. The molecule has 0 aliphatic rings. The monoisotopic (exact) mass is 316 g/mol. The van der Waals surface area contributed by atoms with Crippen molar-refractivity contribution in [2.24, 2.45) is 0 Å². The molecule has 2 aromatic carbocycles. The number of aromatic hydroxyl groups is 1. The molecule has 3 rings (SSSR count). The summed E-state index contributed by atoms with van der Waals surface area (Å²) in [6.45, 7) is 3.84. The van der Waals surface area contributed by atoms with Gasteiger partial charge in [-0.05, 0) is 43.2 Å². The summed E-state index contributed by atoms with van der Waals surface area (Å²) >= 11 is 3.52. The van der Waals surface area contributed by atoms with Gasteiger partial charge in [0.15, 0.2) is 0 Å². The third-order valence-electron chi connectivity index (χ3n) is 3.31. The van der Waals surface area contributed by atoms with Crippen LogP contribution in [0.15, 0.2) is 34.8 Å². The number of nitrogens with one attached hydrogen (secondary N) is 1. The summed E-state index contributed by atoms with van der Waals surface area (Å²) in [5, 5.41) is 10.3. The second-order valence-corrected chi connectivity index (χ2v) is 5.48. The predicted octanol–water partition coefficient (Wildman–Crippen LogP) is 4.31. The number of hydrogen-bond donors (Lipinski definition) is 2. The summed E-state index contributed by atoms with van der Waals surface area (Å²) in [5.41, 5.74) is 4.42. The van der Waals surface area contributed by atoms with E-state index < -0.39 is 0 Å². The number of aromatic nitrogens is 2. The Kier molecular flexibility index (Phi) is 2.82. The molecule has 3 nitrogen and oxygen atoms in total. The average Bonchev–Trinajstić information content (AvgIpc) is 2.80. The molecule has 0 atom stereocenters. The summed E-state index contributed by atoms with van der Waals surface area (Å²) < 4.78 is 0.971. The zero-order valence-electron chi connectivity index (χ0n) is 10.7. The number of imidazole rings is 1. The highest BCUT2D eigenvalue weighted by Crippen LogP contribution is 2.38. The number of halogens is 1. The van der Waals surface area contributed by atoms with Crippen molar-refractivity contribution in [1.82, 2.24) is 9.97 Å². The summed E-state index contributed by atoms with van der Waals surface area (Å²) in [7, 11) is 0. The Morgan fingerprint density at radius 3 is 2.68 bits per heavy atom. The molecule has 2 N–H and O–H groups in total. The number of aryl methyl sites for hydroxylation is 1. The smallest absolute Gasteiger partial charge is 0.142 e. The Hall–Kier alpha value is -1.81. The Bertz CT molecular complexity index is 718. The molecule has 0 fully saturated rings. The Labute approximate surface area is 119 Å². The maximum Gasteiger partial charge on any atom is 0.142 e. The van der Waals surface area contributed by atoms with E-state index in [1.54, 1.807) is 0 Å². The molecule has 0 spiro atoms. The first-order chi connectivity index (χ1) is 9.08. The fourth-order valence-corrected chi connectivity index (χ4v) is 2.76. The number of aromatic amines is 1. The minimum atomic E-state index is 0.278. The van der Waals surface area contributed by atoms with E-state index in [1.807, 2.05) is 44.2 Å². The topological polar surface area (TPSA) is 48.9 Å². The number of H-pyrrole nitrogens is 1. The van der Waals surface area contributed by atoms with Crippen LogP contribution in [0.5, 0.6) is 5.75 Å². The highest BCUT2D eigenvalue weighted by atomic mass is 79.9. The Balaban J connectivity index is 2.32. The van der Waals surface area contributed by atoms with Crippen LogP contribution in [0.25, 0.3) is 22.4 Å². The fourth-order valence-electron chi connectivity index (χ4n) is 2.22. The number of rotatable bonds is 1. The first-order valence-corrected chi connectivity index (χ1v) is 6.81. The highest BCUT2D eigenvalue weighted by molar-refractivity contribution is 9.10. The van der Waals surface area contributed by atoms with Crippen LogP contribution < -0.4 is 0 Å². The van der Waals surface area contributed by atoms with Gasteiger partial charge in [0.1, 0.15) is 11.6 Å². The second kappa shape index (κ2) is 4.38. The first kappa shape index (κ1) is 12.2. The third-order valence-corrected chi connectivity index (χ3v) is 4.14. The van der Waals surface area contributed by atoms with Crippen molar-refractivity contribution >= 4 is 27.0 Å². The van der Waals surface area contributed by atoms with Crippen LogP contribution in [0.1, 0.15) is 11.1 Å². The Morgan fingerprint density at radius 1 is 1.21 bits per heavy atom. The molecule has 19 heavy (non-hydrogen) atoms. The van der Waals surface area contributed by atoms with Gasteiger partial charge in [0.2, 0.25) is 0 Å². The van der Waals surface area contributed by atoms with Crippen LogP contribution in [0.2, 0.25) is 0 Å². The number of hydrogen-bond acceptors (Lipinski definition) is 2. The molecule has 0 bridgehead atoms. The molecule has 0 aliphatic heterocycles. The number of fused-ring (bicyclic) bond motifs is 1. The number of phenols is 1. The first-order valence-electron chi connectivity index (χ1n) is 6.01. The van der Waals surface area contributed by atoms with Crippen LogP contribution in [-0.2, 0) is 0 Å². The van der Waals surface area contributed by atoms with Crippen molar-refractivity contribution in [2.75, 3.05) is 0 Å². The average molecular weight is 317 g/mol. The van der Waals surface area contributed by atoms with Gasteiger partial charge in [0.05, 0.1) is 16.6 Å². The van der Waals surface area contributed by atoms with Gasteiger partial charge in [0.25, 0.3) is 0 Å². The van der Waals surface area contributed by atoms with Crippen LogP contribution in [-0.4, -0.2) is 15.1 Å². The van der Waals surface area contributed by atoms with Gasteiger partial charge in [-0.1, -0.05) is 28.1 Å². The van der Waals surface area contributed by atoms with Gasteiger partial charge in [-0.15, -0.1) is 0 Å². The third kappa shape index (κ3) is 1.92. The SMILES string of the molecule is Cc1cc(Br)c(C)c(-c2nc3ccccc3[nH]2)c1O. The Morgan fingerprint density at radius 2 is 1.95 bits per heavy atom. The zero-order valence-corrected chi connectivity index (χ0v) is 12.2. The lowest BCUT2D eigenvalue weighted by Crippen LogP contribution is -1.91. The summed E-state index contributed by atoms with van der Waals surface area (Å²) in [6, 6.07) is 9.75. The minimum Gasteiger partial charge on any atom is -0.507 e. The van der Waals surface area contributed by atoms with Gasteiger partial charge in [-0.2, -0.15) is 0 Å². The summed E-state index contributed by atoms with van der Waals surface area (Å²) in [6.07, 6.45) is 0. The van der Waals surface area contributed by atoms with Gasteiger partial charge in [-0.3, -0.25) is 0 Å². The number of benzene rings is 2. The van der Waals surface area contributed by atoms with E-state index in [1.165, 1.54) is 0 Å². The fraction of sp³-hybridized carbons (Fsp3) is 0.133. The van der Waals surface area contributed by atoms with Crippen LogP contribution >= 0.6 is 15.9 Å². The van der Waals surface area contributed by atoms with Gasteiger partial charge in [0, 0.05) is 4.47 Å². The largest absolute Gasteiger partial charge is 0.507 e. The highest BCUT2D eigenvalue weighted by Gasteiger charge is 2.16. The molecule has 1 heterocycles. The van der Waals surface area contributed by atoms with E-state index >= 15 is 0 Å². The van der Waals surface area contributed by atoms with E-state index in [-0.39, 0.29) is 5.75 Å². The van der Waals surface area contributed by atoms with Crippen molar-refractivity contribution in [2.45, 2.75) is 13.8 Å². The molecule has 0 saturated carbocycles. The lowest BCUT2D eigenvalue weighted by Gasteiger charge is -2.10. The van der Waals surface area contributed by atoms with Crippen molar-refractivity contribution in [3.8, 4) is 17.1 Å². The summed E-state index contributed by atoms with van der Waals surface area (Å²) in [5.74, 6) is 0.973. The molecule has 0 unspecified atom stereocenters. The minimum absolute atomic E-state index is 0.278. The molecule has 3 aromatic rings. The van der Waals surface area contributed by atoms with Crippen molar-refractivity contribution in [1.29, 1.82) is 0 Å². The van der Waals surface area contributed by atoms with Crippen molar-refractivity contribution in [3.63, 3.8) is 0 Å². The lowest BCUT2D eigenvalue weighted by atomic mass is 10.0. The van der Waals surface area contributed by atoms with Crippen molar-refractivity contribution in [3.05, 3.63) is 45.9 Å². The number of phenolic OH excluding ortho intramolecular Hbond substituents is 1. The van der Waals surface area contributed by atoms with E-state index in [2.05, 4.69) is 25.9 Å². The number of para-hydroxylation sites is 2.